The van der Waals surface area contributed by atoms with E-state index in [9.17, 15) is 0 Å². The van der Waals surface area contributed by atoms with Gasteiger partial charge in [0.2, 0.25) is 0 Å². The first-order valence-corrected chi connectivity index (χ1v) is 7.32. The van der Waals surface area contributed by atoms with E-state index in [-0.39, 0.29) is 0 Å². The molecule has 106 valence electrons. The number of nitrogen functional groups attached to an aromatic ring is 1. The molecule has 0 spiro atoms. The molecular formula is C16H26N2O. The Labute approximate surface area is 116 Å². The van der Waals surface area contributed by atoms with Crippen LogP contribution in [0.2, 0.25) is 0 Å². The second kappa shape index (κ2) is 6.18. The first-order valence-electron chi connectivity index (χ1n) is 7.32. The molecule has 0 unspecified atom stereocenters. The van der Waals surface area contributed by atoms with Crippen molar-refractivity contribution in [3.05, 3.63) is 18.2 Å². The van der Waals surface area contributed by atoms with E-state index in [2.05, 4.69) is 24.8 Å². The summed E-state index contributed by atoms with van der Waals surface area (Å²) in [5, 5.41) is 0. The van der Waals surface area contributed by atoms with Gasteiger partial charge in [-0.05, 0) is 30.9 Å². The maximum absolute atomic E-state index is 6.19. The molecule has 1 aliphatic carbocycles. The summed E-state index contributed by atoms with van der Waals surface area (Å²) in [6.45, 7) is 5.58. The van der Waals surface area contributed by atoms with Gasteiger partial charge in [-0.25, -0.2) is 0 Å². The van der Waals surface area contributed by atoms with Gasteiger partial charge in [0.05, 0.1) is 18.5 Å². The molecule has 1 aromatic carbocycles. The second-order valence-corrected chi connectivity index (χ2v) is 5.91. The van der Waals surface area contributed by atoms with Crippen molar-refractivity contribution < 1.29 is 4.74 Å². The van der Waals surface area contributed by atoms with Gasteiger partial charge < -0.3 is 15.4 Å². The van der Waals surface area contributed by atoms with Gasteiger partial charge in [-0.15, -0.1) is 0 Å². The average Bonchev–Trinajstić information content (AvgIpc) is 2.90. The van der Waals surface area contributed by atoms with Gasteiger partial charge in [0.1, 0.15) is 5.75 Å². The summed E-state index contributed by atoms with van der Waals surface area (Å²) in [4.78, 5) is 2.50. The van der Waals surface area contributed by atoms with Crippen LogP contribution in [0.5, 0.6) is 5.75 Å². The van der Waals surface area contributed by atoms with E-state index in [1.807, 2.05) is 12.1 Å². The Balaban J connectivity index is 2.30. The van der Waals surface area contributed by atoms with E-state index in [1.54, 1.807) is 7.11 Å². The summed E-state index contributed by atoms with van der Waals surface area (Å²) in [6.07, 6.45) is 5.24. The Morgan fingerprint density at radius 3 is 2.58 bits per heavy atom. The molecule has 1 aromatic rings. The summed E-state index contributed by atoms with van der Waals surface area (Å²) >= 11 is 0. The highest BCUT2D eigenvalue weighted by Crippen LogP contribution is 2.34. The second-order valence-electron chi connectivity index (χ2n) is 5.91. The predicted molar refractivity (Wildman–Crippen MR) is 81.8 cm³/mol. The molecule has 3 nitrogen and oxygen atoms in total. The summed E-state index contributed by atoms with van der Waals surface area (Å²) in [6, 6.07) is 6.60. The minimum Gasteiger partial charge on any atom is -0.497 e. The van der Waals surface area contributed by atoms with E-state index >= 15 is 0 Å². The highest BCUT2D eigenvalue weighted by Gasteiger charge is 2.25. The Kier molecular flexibility index (Phi) is 4.56. The minimum atomic E-state index is 0.631. The third-order valence-corrected chi connectivity index (χ3v) is 3.87. The molecule has 0 atom stereocenters. The van der Waals surface area contributed by atoms with Crippen molar-refractivity contribution in [2.24, 2.45) is 5.92 Å². The minimum absolute atomic E-state index is 0.631. The molecule has 2 rings (SSSR count). The number of hydrogen-bond acceptors (Lipinski definition) is 3. The molecule has 0 saturated heterocycles. The molecule has 3 heteroatoms. The maximum atomic E-state index is 6.19. The van der Waals surface area contributed by atoms with Crippen LogP contribution in [0.25, 0.3) is 0 Å². The van der Waals surface area contributed by atoms with Gasteiger partial charge in [-0.3, -0.25) is 0 Å². The van der Waals surface area contributed by atoms with Gasteiger partial charge in [-0.2, -0.15) is 0 Å². The monoisotopic (exact) mass is 262 g/mol. The van der Waals surface area contributed by atoms with Gasteiger partial charge in [0.15, 0.2) is 0 Å². The number of hydrogen-bond donors (Lipinski definition) is 1. The van der Waals surface area contributed by atoms with Crippen LogP contribution in [-0.4, -0.2) is 19.7 Å². The van der Waals surface area contributed by atoms with E-state index in [4.69, 9.17) is 10.5 Å². The van der Waals surface area contributed by atoms with Crippen LogP contribution in [0, 0.1) is 5.92 Å². The molecule has 0 radical (unpaired) electrons. The number of benzene rings is 1. The van der Waals surface area contributed by atoms with Crippen molar-refractivity contribution in [3.63, 3.8) is 0 Å². The lowest BCUT2D eigenvalue weighted by molar-refractivity contribution is 0.414. The highest BCUT2D eigenvalue weighted by molar-refractivity contribution is 5.70. The maximum Gasteiger partial charge on any atom is 0.121 e. The lowest BCUT2D eigenvalue weighted by atomic mass is 10.1. The van der Waals surface area contributed by atoms with Crippen LogP contribution in [0.4, 0.5) is 11.4 Å². The zero-order valence-corrected chi connectivity index (χ0v) is 12.4. The smallest absolute Gasteiger partial charge is 0.121 e. The summed E-state index contributed by atoms with van der Waals surface area (Å²) in [5.41, 5.74) is 8.18. The Morgan fingerprint density at radius 2 is 2.00 bits per heavy atom. The third-order valence-electron chi connectivity index (χ3n) is 3.87. The van der Waals surface area contributed by atoms with Crippen molar-refractivity contribution in [1.82, 2.24) is 0 Å². The number of rotatable bonds is 5. The Hall–Kier alpha value is -1.38. The summed E-state index contributed by atoms with van der Waals surface area (Å²) < 4.78 is 5.35. The number of nitrogens with zero attached hydrogens (tertiary/aromatic N) is 1. The molecule has 19 heavy (non-hydrogen) atoms. The van der Waals surface area contributed by atoms with E-state index in [0.29, 0.717) is 12.0 Å². The lowest BCUT2D eigenvalue weighted by Crippen LogP contribution is -2.36. The zero-order valence-electron chi connectivity index (χ0n) is 12.4. The lowest BCUT2D eigenvalue weighted by Gasteiger charge is -2.34. The Bertz CT molecular complexity index is 411. The fraction of sp³-hybridized carbons (Fsp3) is 0.625. The van der Waals surface area contributed by atoms with Crippen molar-refractivity contribution in [1.29, 1.82) is 0 Å². The third kappa shape index (κ3) is 3.34. The van der Waals surface area contributed by atoms with Crippen molar-refractivity contribution in [2.45, 2.75) is 45.6 Å². The largest absolute Gasteiger partial charge is 0.497 e. The fourth-order valence-corrected chi connectivity index (χ4v) is 2.95. The van der Waals surface area contributed by atoms with Crippen LogP contribution in [0.3, 0.4) is 0 Å². The van der Waals surface area contributed by atoms with Gasteiger partial charge in [0, 0.05) is 18.7 Å². The molecule has 0 aliphatic heterocycles. The molecule has 0 bridgehead atoms. The van der Waals surface area contributed by atoms with Crippen LogP contribution in [0.1, 0.15) is 39.5 Å². The number of anilines is 2. The average molecular weight is 262 g/mol. The number of methoxy groups -OCH3 is 1. The number of ether oxygens (including phenoxy) is 1. The van der Waals surface area contributed by atoms with Crippen LogP contribution < -0.4 is 15.4 Å². The highest BCUT2D eigenvalue weighted by atomic mass is 16.5. The fourth-order valence-electron chi connectivity index (χ4n) is 2.95. The molecule has 0 heterocycles. The quantitative estimate of drug-likeness (QED) is 0.823. The standard InChI is InChI=1S/C16H26N2O/c1-12(2)11-18(13-6-4-5-7-13)16-10-14(19-3)8-9-15(16)17/h8-10,12-13H,4-7,11,17H2,1-3H3. The van der Waals surface area contributed by atoms with Gasteiger partial charge in [-0.1, -0.05) is 26.7 Å². The summed E-state index contributed by atoms with van der Waals surface area (Å²) in [5.74, 6) is 1.52. The van der Waals surface area contributed by atoms with Crippen LogP contribution in [-0.2, 0) is 0 Å². The normalized spacial score (nSPS) is 16.0. The van der Waals surface area contributed by atoms with Crippen LogP contribution in [0.15, 0.2) is 18.2 Å². The predicted octanol–water partition coefficient (Wildman–Crippen LogP) is 3.68. The molecule has 2 N–H and O–H groups in total. The van der Waals surface area contributed by atoms with E-state index in [0.717, 1.165) is 23.7 Å². The number of nitrogens with two attached hydrogens (primary N) is 1. The first-order chi connectivity index (χ1) is 9.11. The van der Waals surface area contributed by atoms with E-state index in [1.165, 1.54) is 25.7 Å². The van der Waals surface area contributed by atoms with E-state index < -0.39 is 0 Å². The van der Waals surface area contributed by atoms with Crippen molar-refractivity contribution in [3.8, 4) is 5.75 Å². The Morgan fingerprint density at radius 1 is 1.32 bits per heavy atom. The topological polar surface area (TPSA) is 38.5 Å². The van der Waals surface area contributed by atoms with Crippen LogP contribution >= 0.6 is 0 Å². The summed E-state index contributed by atoms with van der Waals surface area (Å²) in [7, 11) is 1.71. The molecule has 1 aliphatic rings. The van der Waals surface area contributed by atoms with Gasteiger partial charge in [0.25, 0.3) is 0 Å². The SMILES string of the molecule is COc1ccc(N)c(N(CC(C)C)C2CCCC2)c1. The molecule has 0 amide bonds. The zero-order chi connectivity index (χ0) is 13.8. The molecule has 1 fully saturated rings. The molecule has 1 saturated carbocycles. The van der Waals surface area contributed by atoms with Crippen molar-refractivity contribution in [2.75, 3.05) is 24.3 Å². The van der Waals surface area contributed by atoms with Gasteiger partial charge >= 0.3 is 0 Å². The first kappa shape index (κ1) is 14.0. The van der Waals surface area contributed by atoms with Crippen molar-refractivity contribution >= 4 is 11.4 Å². The molecule has 0 aromatic heterocycles. The molecular weight excluding hydrogens is 236 g/mol.